The minimum Gasteiger partial charge on any atom is -0.382 e. The highest BCUT2D eigenvalue weighted by Gasteiger charge is 2.28. The number of carbonyl (C=O) groups is 1. The van der Waals surface area contributed by atoms with Gasteiger partial charge in [-0.05, 0) is 62.8 Å². The Labute approximate surface area is 229 Å². The molecule has 1 aliphatic rings. The van der Waals surface area contributed by atoms with Gasteiger partial charge in [-0.3, -0.25) is 4.57 Å². The summed E-state index contributed by atoms with van der Waals surface area (Å²) in [4.78, 5) is 24.7. The van der Waals surface area contributed by atoms with Gasteiger partial charge in [0.05, 0.1) is 12.4 Å². The first-order valence-corrected chi connectivity index (χ1v) is 13.2. The van der Waals surface area contributed by atoms with Gasteiger partial charge in [-0.25, -0.2) is 19.7 Å². The van der Waals surface area contributed by atoms with Crippen LogP contribution in [0.3, 0.4) is 0 Å². The number of imidazole rings is 1. The van der Waals surface area contributed by atoms with Gasteiger partial charge in [0, 0.05) is 18.8 Å². The molecule has 1 saturated heterocycles. The number of nitrogen functional groups attached to an aromatic ring is 1. The van der Waals surface area contributed by atoms with E-state index >= 15 is 0 Å². The number of amides is 2. The van der Waals surface area contributed by atoms with Gasteiger partial charge in [-0.1, -0.05) is 32.9 Å². The third-order valence-corrected chi connectivity index (χ3v) is 5.98. The summed E-state index contributed by atoms with van der Waals surface area (Å²) < 4.78 is 8.10. The molecule has 2 unspecified atom stereocenters. The van der Waals surface area contributed by atoms with Gasteiger partial charge in [0.1, 0.15) is 18.1 Å². The number of carbonyl (C=O) groups excluding carboxylic acids is 1. The molecule has 0 radical (unpaired) electrons. The number of hydrogen-bond donors (Lipinski definition) is 6. The van der Waals surface area contributed by atoms with Gasteiger partial charge in [-0.2, -0.15) is 0 Å². The molecule has 12 nitrogen and oxygen atoms in total. The maximum Gasteiger partial charge on any atom is 0.319 e. The second-order valence-electron chi connectivity index (χ2n) is 11.1. The minimum absolute atomic E-state index is 0.0928. The number of aromatic nitrogens is 4. The minimum atomic E-state index is -1.50. The van der Waals surface area contributed by atoms with E-state index in [1.165, 1.54) is 25.7 Å². The number of rotatable bonds is 8. The highest BCUT2D eigenvalue weighted by Crippen LogP contribution is 2.30. The van der Waals surface area contributed by atoms with Gasteiger partial charge >= 0.3 is 6.03 Å². The Morgan fingerprint density at radius 2 is 1.77 bits per heavy atom. The zero-order valence-corrected chi connectivity index (χ0v) is 23.4. The molecule has 39 heavy (non-hydrogen) atoms. The van der Waals surface area contributed by atoms with Crippen LogP contribution in [0.1, 0.15) is 65.7 Å². The number of benzene rings is 1. The van der Waals surface area contributed by atoms with Crippen molar-refractivity contribution in [1.29, 1.82) is 0 Å². The Morgan fingerprint density at radius 3 is 2.44 bits per heavy atom. The molecule has 0 bridgehead atoms. The van der Waals surface area contributed by atoms with Crippen molar-refractivity contribution in [2.24, 2.45) is 0 Å². The lowest BCUT2D eigenvalue weighted by molar-refractivity contribution is -0.127. The Kier molecular flexibility index (Phi) is 10.2. The molecular weight excluding hydrogens is 500 g/mol. The van der Waals surface area contributed by atoms with Crippen molar-refractivity contribution in [3.63, 3.8) is 0 Å². The molecule has 2 amide bonds. The fourth-order valence-electron chi connectivity index (χ4n) is 4.03. The molecule has 3 aromatic rings. The summed E-state index contributed by atoms with van der Waals surface area (Å²) >= 11 is 0. The van der Waals surface area contributed by atoms with Crippen molar-refractivity contribution in [3.05, 3.63) is 42.5 Å². The number of fused-ring (bicyclic) bond motifs is 1. The normalized spacial score (nSPS) is 17.5. The summed E-state index contributed by atoms with van der Waals surface area (Å²) in [5.41, 5.74) is 9.28. The average molecular weight is 543 g/mol. The van der Waals surface area contributed by atoms with E-state index in [9.17, 15) is 4.79 Å². The molecule has 214 valence electrons. The summed E-state index contributed by atoms with van der Waals surface area (Å²) in [5.74, 6) is -1.12. The van der Waals surface area contributed by atoms with E-state index in [4.69, 9.17) is 20.7 Å². The molecule has 1 aliphatic heterocycles. The van der Waals surface area contributed by atoms with Crippen molar-refractivity contribution < 1.29 is 19.7 Å². The Balaban J connectivity index is 0.000000771. The van der Waals surface area contributed by atoms with Crippen LogP contribution in [0.2, 0.25) is 0 Å². The summed E-state index contributed by atoms with van der Waals surface area (Å²) in [5, 5.41) is 25.3. The number of nitrogens with zero attached hydrogens (tertiary/aromatic N) is 4. The number of ether oxygens (including phenoxy) is 1. The second kappa shape index (κ2) is 13.2. The second-order valence-corrected chi connectivity index (χ2v) is 11.1. The van der Waals surface area contributed by atoms with Crippen molar-refractivity contribution in [2.45, 2.75) is 77.4 Å². The molecule has 7 N–H and O–H groups in total. The first-order chi connectivity index (χ1) is 18.3. The van der Waals surface area contributed by atoms with Crippen LogP contribution >= 0.6 is 0 Å². The topological polar surface area (TPSA) is 172 Å². The van der Waals surface area contributed by atoms with Crippen LogP contribution < -0.4 is 21.7 Å². The van der Waals surface area contributed by atoms with E-state index in [1.54, 1.807) is 6.33 Å². The van der Waals surface area contributed by atoms with Crippen LogP contribution in [0.15, 0.2) is 36.9 Å². The van der Waals surface area contributed by atoms with Crippen LogP contribution in [0.25, 0.3) is 11.2 Å². The van der Waals surface area contributed by atoms with Crippen LogP contribution in [-0.4, -0.2) is 67.3 Å². The maximum atomic E-state index is 12.1. The molecule has 4 rings (SSSR count). The summed E-state index contributed by atoms with van der Waals surface area (Å²) in [7, 11) is 0. The Morgan fingerprint density at radius 1 is 1.08 bits per heavy atom. The monoisotopic (exact) mass is 542 g/mol. The lowest BCUT2D eigenvalue weighted by Gasteiger charge is -2.19. The predicted octanol–water partition coefficient (Wildman–Crippen LogP) is 2.89. The van der Waals surface area contributed by atoms with Gasteiger partial charge < -0.3 is 36.6 Å². The van der Waals surface area contributed by atoms with E-state index in [0.29, 0.717) is 23.5 Å². The first kappa shape index (κ1) is 30.2. The third-order valence-electron chi connectivity index (χ3n) is 5.98. The standard InChI is InChI=1S/C24H34N8O2.C3H8O2/c1-24(2,3)16-5-7-17(8-6-16)31-23(33)27-12-4-11-26-13-18-9-10-19(34-18)32-15-30-20-21(25)28-14-29-22(20)32;1-3(2,4)5/h5-8,14-15,18-19,26H,4,9-13H2,1-3H3,(H2,25,28,29)(H2,27,31,33);4-5H,1-2H3. The largest absolute Gasteiger partial charge is 0.382 e. The lowest BCUT2D eigenvalue weighted by atomic mass is 9.87. The van der Waals surface area contributed by atoms with Crippen molar-refractivity contribution in [1.82, 2.24) is 30.2 Å². The fourth-order valence-corrected chi connectivity index (χ4v) is 4.03. The molecule has 2 atom stereocenters. The van der Waals surface area contributed by atoms with Crippen LogP contribution in [0, 0.1) is 0 Å². The van der Waals surface area contributed by atoms with E-state index in [1.807, 2.05) is 28.8 Å². The third kappa shape index (κ3) is 9.74. The van der Waals surface area contributed by atoms with Gasteiger partial charge in [0.2, 0.25) is 0 Å². The number of hydrogen-bond acceptors (Lipinski definition) is 9. The van der Waals surface area contributed by atoms with E-state index in [2.05, 4.69) is 51.7 Å². The molecule has 2 aromatic heterocycles. The fraction of sp³-hybridized carbons (Fsp3) is 0.556. The molecule has 3 heterocycles. The molecular formula is C27H42N8O4. The predicted molar refractivity (Wildman–Crippen MR) is 151 cm³/mol. The molecule has 0 aliphatic carbocycles. The highest BCUT2D eigenvalue weighted by atomic mass is 16.5. The van der Waals surface area contributed by atoms with Gasteiger partial charge in [-0.15, -0.1) is 0 Å². The zero-order valence-electron chi connectivity index (χ0n) is 23.4. The number of nitrogens with one attached hydrogen (secondary N) is 3. The van der Waals surface area contributed by atoms with Crippen LogP contribution in [0.4, 0.5) is 16.3 Å². The number of urea groups is 1. The SMILES string of the molecule is CC(C)(C)c1ccc(NC(=O)NCCCNCC2CCC(n3cnc4c(N)ncnc43)O2)cc1.CC(C)(O)O. The molecule has 0 saturated carbocycles. The van der Waals surface area contributed by atoms with Gasteiger partial charge in [0.25, 0.3) is 0 Å². The molecule has 12 heteroatoms. The van der Waals surface area contributed by atoms with Gasteiger partial charge in [0.15, 0.2) is 17.3 Å². The summed E-state index contributed by atoms with van der Waals surface area (Å²) in [6, 6.07) is 7.78. The van der Waals surface area contributed by atoms with Crippen molar-refractivity contribution in [3.8, 4) is 0 Å². The number of anilines is 2. The first-order valence-electron chi connectivity index (χ1n) is 13.2. The highest BCUT2D eigenvalue weighted by molar-refractivity contribution is 5.89. The Bertz CT molecular complexity index is 1200. The Hall–Kier alpha value is -3.32. The average Bonchev–Trinajstić information content (AvgIpc) is 3.48. The van der Waals surface area contributed by atoms with E-state index < -0.39 is 5.79 Å². The van der Waals surface area contributed by atoms with Crippen molar-refractivity contribution in [2.75, 3.05) is 30.7 Å². The molecule has 1 aromatic carbocycles. The van der Waals surface area contributed by atoms with Crippen LogP contribution in [-0.2, 0) is 10.2 Å². The maximum absolute atomic E-state index is 12.1. The van der Waals surface area contributed by atoms with Crippen molar-refractivity contribution >= 4 is 28.7 Å². The summed E-state index contributed by atoms with van der Waals surface area (Å²) in [6.45, 7) is 11.2. The zero-order chi connectivity index (χ0) is 28.6. The molecule has 0 spiro atoms. The van der Waals surface area contributed by atoms with Crippen LogP contribution in [0.5, 0.6) is 0 Å². The smallest absolute Gasteiger partial charge is 0.319 e. The number of aliphatic hydroxyl groups is 2. The van der Waals surface area contributed by atoms with E-state index in [-0.39, 0.29) is 23.8 Å². The quantitative estimate of drug-likeness (QED) is 0.185. The van der Waals surface area contributed by atoms with E-state index in [0.717, 1.165) is 38.0 Å². The summed E-state index contributed by atoms with van der Waals surface area (Å²) in [6.07, 6.45) is 5.84. The lowest BCUT2D eigenvalue weighted by Crippen LogP contribution is -2.33. The molecule has 1 fully saturated rings. The number of nitrogens with two attached hydrogens (primary N) is 1.